The molecule has 1 spiro atoms. The van der Waals surface area contributed by atoms with Gasteiger partial charge in [0.2, 0.25) is 17.7 Å². The van der Waals surface area contributed by atoms with Gasteiger partial charge in [0.25, 0.3) is 0 Å². The highest BCUT2D eigenvalue weighted by atomic mass is 32.2. The number of benzene rings is 1. The van der Waals surface area contributed by atoms with Crippen LogP contribution in [0.15, 0.2) is 60.2 Å². The van der Waals surface area contributed by atoms with Crippen molar-refractivity contribution in [2.45, 2.75) is 180 Å². The first-order chi connectivity index (χ1) is 39.4. The van der Waals surface area contributed by atoms with Crippen molar-refractivity contribution in [2.24, 2.45) is 23.5 Å². The number of urea groups is 1. The van der Waals surface area contributed by atoms with Crippen LogP contribution in [-0.2, 0) is 59.1 Å². The second-order valence-electron chi connectivity index (χ2n) is 22.8. The van der Waals surface area contributed by atoms with Crippen LogP contribution in [-0.4, -0.2) is 174 Å². The van der Waals surface area contributed by atoms with Crippen molar-refractivity contribution in [3.8, 4) is 0 Å². The summed E-state index contributed by atoms with van der Waals surface area (Å²) in [5.74, 6) is -1.70. The monoisotopic (exact) mass is 1180 g/mol. The van der Waals surface area contributed by atoms with Crippen molar-refractivity contribution >= 4 is 70.7 Å². The Morgan fingerprint density at radius 2 is 1.59 bits per heavy atom. The van der Waals surface area contributed by atoms with Crippen LogP contribution in [0.5, 0.6) is 0 Å². The zero-order valence-electron chi connectivity index (χ0n) is 49.5. The highest BCUT2D eigenvalue weighted by molar-refractivity contribution is 7.99. The van der Waals surface area contributed by atoms with Gasteiger partial charge in [0.1, 0.15) is 42.1 Å². The van der Waals surface area contributed by atoms with E-state index in [-0.39, 0.29) is 130 Å². The topological polar surface area (TPSA) is 304 Å². The Hall–Kier alpha value is -6.14. The van der Waals surface area contributed by atoms with Crippen LogP contribution in [0, 0.1) is 17.8 Å². The largest absolute Gasteiger partial charge is 0.445 e. The molecule has 0 aromatic heterocycles. The summed E-state index contributed by atoms with van der Waals surface area (Å²) >= 11 is 1.46. The fourth-order valence-corrected chi connectivity index (χ4v) is 10.8. The predicted molar refractivity (Wildman–Crippen MR) is 313 cm³/mol. The van der Waals surface area contributed by atoms with E-state index < -0.39 is 60.0 Å². The van der Waals surface area contributed by atoms with Crippen LogP contribution in [0.4, 0.5) is 20.1 Å². The van der Waals surface area contributed by atoms with Crippen LogP contribution in [0.25, 0.3) is 0 Å². The van der Waals surface area contributed by atoms with Crippen molar-refractivity contribution in [1.29, 1.82) is 0 Å². The molecule has 4 fully saturated rings. The molecule has 83 heavy (non-hydrogen) atoms. The molecule has 4 heterocycles. The number of hydrogen-bond donors (Lipinski definition) is 6. The van der Waals surface area contributed by atoms with Gasteiger partial charge in [0.15, 0.2) is 5.78 Å². The predicted octanol–water partition coefficient (Wildman–Crippen LogP) is 6.08. The summed E-state index contributed by atoms with van der Waals surface area (Å²) in [4.78, 5) is 117. The summed E-state index contributed by atoms with van der Waals surface area (Å²) in [6.07, 6.45) is 10.8. The number of epoxide rings is 1. The van der Waals surface area contributed by atoms with Gasteiger partial charge in [0, 0.05) is 82.5 Å². The quantitative estimate of drug-likeness (QED) is 0.0220. The minimum Gasteiger partial charge on any atom is -0.445 e. The molecule has 4 saturated heterocycles. The van der Waals surface area contributed by atoms with E-state index in [0.717, 1.165) is 5.57 Å². The number of carbonyl (C=O) groups excluding carboxylic acids is 9. The molecule has 0 bridgehead atoms. The number of nitrogens with one attached hydrogen (secondary N) is 4. The molecule has 5 rings (SSSR count). The number of rotatable bonds is 30. The average molecular weight is 1180 g/mol. The first-order valence-corrected chi connectivity index (χ1v) is 30.4. The number of allylic oxidation sites excluding steroid dienone is 2. The Bertz CT molecular complexity index is 2480. The van der Waals surface area contributed by atoms with Crippen LogP contribution >= 0.6 is 11.8 Å². The molecule has 11 atom stereocenters. The highest BCUT2D eigenvalue weighted by Crippen LogP contribution is 2.43. The summed E-state index contributed by atoms with van der Waals surface area (Å²) in [6.45, 7) is 14.2. The molecule has 0 unspecified atom stereocenters. The number of anilines is 1. The number of amides is 7. The van der Waals surface area contributed by atoms with E-state index in [1.165, 1.54) is 40.6 Å². The minimum atomic E-state index is -0.828. The summed E-state index contributed by atoms with van der Waals surface area (Å²) < 4.78 is 29.2. The third-order valence-electron chi connectivity index (χ3n) is 15.3. The number of primary amides is 1. The number of unbranched alkanes of at least 4 members (excludes halogenated alkanes) is 1. The maximum atomic E-state index is 13.7. The van der Waals surface area contributed by atoms with E-state index in [4.69, 9.17) is 29.4 Å². The fraction of sp³-hybridized carbons (Fsp3) is 0.650. The second kappa shape index (κ2) is 33.4. The molecule has 7 N–H and O–H groups in total. The molecule has 7 amide bonds. The Kier molecular flexibility index (Phi) is 27.2. The molecule has 460 valence electrons. The molecule has 1 aromatic rings. The third-order valence-corrected chi connectivity index (χ3v) is 16.0. The zero-order chi connectivity index (χ0) is 60.8. The first kappa shape index (κ1) is 67.6. The van der Waals surface area contributed by atoms with Crippen molar-refractivity contribution in [3.05, 3.63) is 65.8 Å². The fourth-order valence-electron chi connectivity index (χ4n) is 10.4. The SMILES string of the molecule is CSCC(=O)CCCCC(=O)N[C@H](C(=O)C[C@@H](CCCNC(N)=O)C(=O)Nc1ccc(COC(=O)N2CCN(C(=O)O[C@@H](C)/C=C\C(=O)N[C@@H]3C[C@H](C)[C@H](C/C=C(C)/C=C/[C@H]4O[C@H](CC(C)=O)C[C@@]5(CO5)[C@@H]4O)O[C@@H]3C)CC2)cc1)C(C)C. The van der Waals surface area contributed by atoms with Gasteiger partial charge in [-0.2, -0.15) is 11.8 Å². The maximum absolute atomic E-state index is 13.7. The summed E-state index contributed by atoms with van der Waals surface area (Å²) in [5, 5.41) is 22.1. The van der Waals surface area contributed by atoms with Gasteiger partial charge in [-0.05, 0) is 108 Å². The van der Waals surface area contributed by atoms with Crippen LogP contribution in [0.2, 0.25) is 0 Å². The lowest BCUT2D eigenvalue weighted by Crippen LogP contribution is -2.51. The molecular formula is C60H89N7O15S. The Morgan fingerprint density at radius 3 is 2.23 bits per heavy atom. The summed E-state index contributed by atoms with van der Waals surface area (Å²) in [7, 11) is 0. The third kappa shape index (κ3) is 22.8. The molecule has 1 aromatic carbocycles. The number of nitrogens with two attached hydrogens (primary N) is 1. The van der Waals surface area contributed by atoms with E-state index in [9.17, 15) is 48.3 Å². The number of nitrogens with zero attached hydrogens (tertiary/aromatic N) is 2. The van der Waals surface area contributed by atoms with E-state index in [1.807, 2.05) is 46.1 Å². The van der Waals surface area contributed by atoms with Gasteiger partial charge in [-0.3, -0.25) is 28.8 Å². The van der Waals surface area contributed by atoms with Gasteiger partial charge in [-0.15, -0.1) is 0 Å². The molecular weight excluding hydrogens is 1090 g/mol. The average Bonchev–Trinajstić information content (AvgIpc) is 2.50. The molecule has 0 radical (unpaired) electrons. The van der Waals surface area contributed by atoms with E-state index in [0.29, 0.717) is 68.6 Å². The molecule has 4 aliphatic heterocycles. The second-order valence-corrected chi connectivity index (χ2v) is 23.7. The van der Waals surface area contributed by atoms with Gasteiger partial charge < -0.3 is 65.6 Å². The number of ether oxygens (including phenoxy) is 5. The lowest BCUT2D eigenvalue weighted by molar-refractivity contribution is -0.143. The standard InChI is InChI=1S/C60H89N7O15S/c1-37(2)54(65-52(71)14-10-9-13-46(69)35-83-8)49(70)32-44(12-11-25-62-57(61)75)56(74)63-45-20-18-43(19-21-45)34-78-58(76)66-26-28-67(29-27-66)59(77)80-41(6)17-24-53(72)64-48-30-39(4)50(81-42(48)7)22-15-38(3)16-23-51-55(73)60(36-79-60)33-47(82-51)31-40(5)68/h15-21,23-24,37,39,41-42,44,47-48,50-51,54-55,73H,9-14,22,25-36H2,1-8H3,(H,63,74)(H,64,72)(H,65,71)(H3,61,62,75)/b23-16+,24-17-,38-15+/t39-,41-,42+,44+,47+,48+,50-,51+,54-,55+,60+/m0/s1. The molecule has 23 heteroatoms. The van der Waals surface area contributed by atoms with Crippen molar-refractivity contribution < 1.29 is 71.9 Å². The van der Waals surface area contributed by atoms with Gasteiger partial charge in [0.05, 0.1) is 42.8 Å². The number of ketones is 3. The van der Waals surface area contributed by atoms with Crippen molar-refractivity contribution in [2.75, 3.05) is 56.7 Å². The molecule has 0 saturated carbocycles. The lowest BCUT2D eigenvalue weighted by Gasteiger charge is -2.39. The van der Waals surface area contributed by atoms with Crippen LogP contribution in [0.1, 0.15) is 125 Å². The number of aliphatic hydroxyl groups is 1. The lowest BCUT2D eigenvalue weighted by atomic mass is 9.87. The number of carbonyl (C=O) groups is 9. The Labute approximate surface area is 492 Å². The van der Waals surface area contributed by atoms with Gasteiger partial charge >= 0.3 is 18.2 Å². The van der Waals surface area contributed by atoms with Crippen LogP contribution < -0.4 is 27.0 Å². The number of aliphatic hydroxyl groups excluding tert-OH is 1. The number of thioether (sulfide) groups is 1. The van der Waals surface area contributed by atoms with Crippen LogP contribution in [0.3, 0.4) is 0 Å². The minimum absolute atomic E-state index is 0.0297. The smallest absolute Gasteiger partial charge is 0.410 e. The molecule has 22 nitrogen and oxygen atoms in total. The first-order valence-electron chi connectivity index (χ1n) is 29.0. The van der Waals surface area contributed by atoms with Gasteiger partial charge in [-0.1, -0.05) is 56.7 Å². The van der Waals surface area contributed by atoms with E-state index in [1.54, 1.807) is 31.2 Å². The molecule has 4 aliphatic rings. The zero-order valence-corrected chi connectivity index (χ0v) is 50.3. The molecule has 0 aliphatic carbocycles. The maximum Gasteiger partial charge on any atom is 0.410 e. The van der Waals surface area contributed by atoms with Crippen molar-refractivity contribution in [1.82, 2.24) is 25.8 Å². The number of Topliss-reactive ketones (excluding diaryl/α,β-unsaturated/α-hetero) is 3. The van der Waals surface area contributed by atoms with E-state index >= 15 is 0 Å². The Balaban J connectivity index is 0.994. The van der Waals surface area contributed by atoms with Crippen molar-refractivity contribution in [3.63, 3.8) is 0 Å². The highest BCUT2D eigenvalue weighted by Gasteiger charge is 2.58. The number of hydrogen-bond acceptors (Lipinski definition) is 16. The number of piperazine rings is 1. The summed E-state index contributed by atoms with van der Waals surface area (Å²) in [6, 6.07) is 4.90. The van der Waals surface area contributed by atoms with Gasteiger partial charge in [-0.25, -0.2) is 14.4 Å². The normalized spacial score (nSPS) is 24.7. The summed E-state index contributed by atoms with van der Waals surface area (Å²) in [5.41, 5.74) is 6.63. The van der Waals surface area contributed by atoms with E-state index in [2.05, 4.69) is 34.3 Å². The Morgan fingerprint density at radius 1 is 0.916 bits per heavy atom.